The minimum absolute atomic E-state index is 0.0181. The minimum Gasteiger partial charge on any atom is -0.496 e. The van der Waals surface area contributed by atoms with Gasteiger partial charge in [-0.25, -0.2) is 0 Å². The highest BCUT2D eigenvalue weighted by Crippen LogP contribution is 2.28. The van der Waals surface area contributed by atoms with Gasteiger partial charge in [-0.15, -0.1) is 0 Å². The maximum absolute atomic E-state index is 13.3. The molecule has 0 radical (unpaired) electrons. The molecule has 37 heavy (non-hydrogen) atoms. The van der Waals surface area contributed by atoms with Gasteiger partial charge in [0.2, 0.25) is 11.8 Å². The van der Waals surface area contributed by atoms with Crippen molar-refractivity contribution >= 4 is 23.4 Å². The second-order valence-electron chi connectivity index (χ2n) is 9.43. The summed E-state index contributed by atoms with van der Waals surface area (Å²) in [5.74, 6) is 1.31. The fraction of sp³-hybridized carbons (Fsp3) is 0.333. The number of benzene rings is 3. The summed E-state index contributed by atoms with van der Waals surface area (Å²) in [4.78, 5) is 30.1. The summed E-state index contributed by atoms with van der Waals surface area (Å²) in [6.07, 6.45) is 0.993. The topological polar surface area (TPSA) is 59.1 Å². The fourth-order valence-electron chi connectivity index (χ4n) is 4.73. The smallest absolute Gasteiger partial charge is 0.227 e. The average Bonchev–Trinajstić information content (AvgIpc) is 2.91. The van der Waals surface area contributed by atoms with Crippen molar-refractivity contribution in [1.82, 2.24) is 9.80 Å². The number of carbonyl (C=O) groups excluding carboxylic acids is 2. The Balaban J connectivity index is 1.46. The summed E-state index contributed by atoms with van der Waals surface area (Å²) in [7, 11) is 3.42. The summed E-state index contributed by atoms with van der Waals surface area (Å²) in [6, 6.07) is 24.7. The van der Waals surface area contributed by atoms with Crippen LogP contribution in [0.5, 0.6) is 11.5 Å². The van der Waals surface area contributed by atoms with Crippen LogP contribution in [0.2, 0.25) is 5.02 Å². The van der Waals surface area contributed by atoms with Crippen molar-refractivity contribution in [1.29, 1.82) is 0 Å². The van der Waals surface area contributed by atoms with Crippen LogP contribution in [0.4, 0.5) is 0 Å². The average molecular weight is 521 g/mol. The summed E-state index contributed by atoms with van der Waals surface area (Å²) in [5, 5.41) is 0.637. The molecule has 1 saturated heterocycles. The van der Waals surface area contributed by atoms with Crippen LogP contribution < -0.4 is 9.47 Å². The van der Waals surface area contributed by atoms with E-state index in [-0.39, 0.29) is 30.3 Å². The first kappa shape index (κ1) is 26.6. The van der Waals surface area contributed by atoms with Gasteiger partial charge < -0.3 is 19.3 Å². The number of carbonyl (C=O) groups is 2. The first-order chi connectivity index (χ1) is 17.9. The van der Waals surface area contributed by atoms with Gasteiger partial charge in [0, 0.05) is 56.0 Å². The third kappa shape index (κ3) is 7.26. The van der Waals surface area contributed by atoms with E-state index in [1.54, 1.807) is 24.1 Å². The Hall–Kier alpha value is -3.51. The Morgan fingerprint density at radius 3 is 2.43 bits per heavy atom. The predicted molar refractivity (Wildman–Crippen MR) is 145 cm³/mol. The molecule has 2 amide bonds. The van der Waals surface area contributed by atoms with E-state index >= 15 is 0 Å². The lowest BCUT2D eigenvalue weighted by Crippen LogP contribution is -2.49. The van der Waals surface area contributed by atoms with Gasteiger partial charge in [0.25, 0.3) is 0 Å². The van der Waals surface area contributed by atoms with Crippen molar-refractivity contribution in [2.45, 2.75) is 31.9 Å². The second-order valence-corrected chi connectivity index (χ2v) is 9.86. The Kier molecular flexibility index (Phi) is 9.07. The second kappa shape index (κ2) is 12.6. The predicted octanol–water partition coefficient (Wildman–Crippen LogP) is 5.24. The monoisotopic (exact) mass is 520 g/mol. The molecule has 0 aromatic heterocycles. The number of ether oxygens (including phenoxy) is 2. The zero-order chi connectivity index (χ0) is 26.2. The molecule has 1 aliphatic rings. The standard InChI is InChI=1S/C30H33ClN2O4/c1-32(20-22-8-4-3-5-9-22)29(34)19-24-21-33(30(35)18-23-10-6-7-11-27(23)36-2)17-16-28(24)37-26-14-12-25(31)13-15-26/h3-15,24,28H,16-21H2,1-2H3/t24-,28-/m0/s1. The highest BCUT2D eigenvalue weighted by Gasteiger charge is 2.35. The lowest BCUT2D eigenvalue weighted by atomic mass is 9.90. The van der Waals surface area contributed by atoms with Crippen LogP contribution in [-0.4, -0.2) is 55.0 Å². The first-order valence-corrected chi connectivity index (χ1v) is 12.9. The van der Waals surface area contributed by atoms with Gasteiger partial charge in [0.05, 0.1) is 13.5 Å². The van der Waals surface area contributed by atoms with Crippen molar-refractivity contribution in [3.63, 3.8) is 0 Å². The van der Waals surface area contributed by atoms with Crippen molar-refractivity contribution < 1.29 is 19.1 Å². The fourth-order valence-corrected chi connectivity index (χ4v) is 4.85. The number of methoxy groups -OCH3 is 1. The molecule has 1 fully saturated rings. The molecule has 3 aromatic rings. The number of halogens is 1. The minimum atomic E-state index is -0.189. The van der Waals surface area contributed by atoms with Gasteiger partial charge in [0.15, 0.2) is 0 Å². The summed E-state index contributed by atoms with van der Waals surface area (Å²) in [6.45, 7) is 1.56. The third-order valence-corrected chi connectivity index (χ3v) is 7.03. The molecule has 0 aliphatic carbocycles. The lowest BCUT2D eigenvalue weighted by Gasteiger charge is -2.39. The Morgan fingerprint density at radius 2 is 1.70 bits per heavy atom. The molecule has 194 valence electrons. The Bertz CT molecular complexity index is 1190. The van der Waals surface area contributed by atoms with Crippen LogP contribution in [-0.2, 0) is 22.6 Å². The summed E-state index contributed by atoms with van der Waals surface area (Å²) >= 11 is 6.04. The van der Waals surface area contributed by atoms with Gasteiger partial charge in [-0.05, 0) is 35.9 Å². The van der Waals surface area contributed by atoms with E-state index in [1.807, 2.05) is 78.7 Å². The van der Waals surface area contributed by atoms with Crippen LogP contribution in [0.15, 0.2) is 78.9 Å². The molecular formula is C30H33ClN2O4. The maximum Gasteiger partial charge on any atom is 0.227 e. The van der Waals surface area contributed by atoms with Crippen LogP contribution in [0.1, 0.15) is 24.0 Å². The largest absolute Gasteiger partial charge is 0.496 e. The SMILES string of the molecule is COc1ccccc1CC(=O)N1CC[C@H](Oc2ccc(Cl)cc2)[C@@H](CC(=O)N(C)Cc2ccccc2)C1. The van der Waals surface area contributed by atoms with Crippen LogP contribution >= 0.6 is 11.6 Å². The summed E-state index contributed by atoms with van der Waals surface area (Å²) < 4.78 is 11.7. The molecule has 0 N–H and O–H groups in total. The number of para-hydroxylation sites is 1. The van der Waals surface area contributed by atoms with E-state index in [0.717, 1.165) is 11.1 Å². The van der Waals surface area contributed by atoms with Crippen molar-refractivity contribution in [3.8, 4) is 11.5 Å². The molecule has 0 bridgehead atoms. The highest BCUT2D eigenvalue weighted by atomic mass is 35.5. The zero-order valence-corrected chi connectivity index (χ0v) is 22.1. The number of hydrogen-bond acceptors (Lipinski definition) is 4. The maximum atomic E-state index is 13.3. The molecule has 2 atom stereocenters. The van der Waals surface area contributed by atoms with Crippen LogP contribution in [0, 0.1) is 5.92 Å². The Labute approximate surface area is 223 Å². The summed E-state index contributed by atoms with van der Waals surface area (Å²) in [5.41, 5.74) is 1.93. The van der Waals surface area contributed by atoms with Gasteiger partial charge in [-0.3, -0.25) is 9.59 Å². The number of nitrogens with zero attached hydrogens (tertiary/aromatic N) is 2. The number of likely N-dealkylation sites (tertiary alicyclic amines) is 1. The van der Waals surface area contributed by atoms with E-state index in [9.17, 15) is 9.59 Å². The van der Waals surface area contributed by atoms with Crippen molar-refractivity contribution in [2.75, 3.05) is 27.2 Å². The molecule has 4 rings (SSSR count). The number of hydrogen-bond donors (Lipinski definition) is 0. The molecule has 0 spiro atoms. The molecule has 1 aliphatic heterocycles. The Morgan fingerprint density at radius 1 is 1.00 bits per heavy atom. The molecule has 1 heterocycles. The van der Waals surface area contributed by atoms with Crippen molar-refractivity contribution in [3.05, 3.63) is 95.0 Å². The van der Waals surface area contributed by atoms with E-state index in [2.05, 4.69) is 0 Å². The van der Waals surface area contributed by atoms with E-state index < -0.39 is 0 Å². The molecule has 6 nitrogen and oxygen atoms in total. The molecule has 0 unspecified atom stereocenters. The van der Waals surface area contributed by atoms with E-state index in [0.29, 0.717) is 49.0 Å². The number of piperidine rings is 1. The zero-order valence-electron chi connectivity index (χ0n) is 21.3. The number of amides is 2. The van der Waals surface area contributed by atoms with E-state index in [1.165, 1.54) is 0 Å². The number of rotatable bonds is 9. The van der Waals surface area contributed by atoms with Crippen LogP contribution in [0.3, 0.4) is 0 Å². The van der Waals surface area contributed by atoms with E-state index in [4.69, 9.17) is 21.1 Å². The van der Waals surface area contributed by atoms with Gasteiger partial charge in [-0.1, -0.05) is 60.1 Å². The van der Waals surface area contributed by atoms with Gasteiger partial charge >= 0.3 is 0 Å². The van der Waals surface area contributed by atoms with Gasteiger partial charge in [-0.2, -0.15) is 0 Å². The molecule has 0 saturated carbocycles. The highest BCUT2D eigenvalue weighted by molar-refractivity contribution is 6.30. The van der Waals surface area contributed by atoms with Gasteiger partial charge in [0.1, 0.15) is 17.6 Å². The van der Waals surface area contributed by atoms with Crippen LogP contribution in [0.25, 0.3) is 0 Å². The normalized spacial score (nSPS) is 17.2. The first-order valence-electron chi connectivity index (χ1n) is 12.5. The quantitative estimate of drug-likeness (QED) is 0.387. The third-order valence-electron chi connectivity index (χ3n) is 6.78. The molecule has 3 aromatic carbocycles. The van der Waals surface area contributed by atoms with Crippen molar-refractivity contribution in [2.24, 2.45) is 5.92 Å². The molecule has 7 heteroatoms. The molecular weight excluding hydrogens is 488 g/mol. The lowest BCUT2D eigenvalue weighted by molar-refractivity contribution is -0.138.